The van der Waals surface area contributed by atoms with Crippen molar-refractivity contribution >= 4 is 5.96 Å². The van der Waals surface area contributed by atoms with Crippen LogP contribution in [0.5, 0.6) is 11.5 Å². The highest BCUT2D eigenvalue weighted by Crippen LogP contribution is 2.33. The highest BCUT2D eigenvalue weighted by molar-refractivity contribution is 5.79. The van der Waals surface area contributed by atoms with Crippen molar-refractivity contribution in [3.05, 3.63) is 23.8 Å². The summed E-state index contributed by atoms with van der Waals surface area (Å²) in [4.78, 5) is 6.86. The van der Waals surface area contributed by atoms with Crippen LogP contribution in [0.25, 0.3) is 0 Å². The molecular weight excluding hydrogens is 368 g/mol. The first-order valence-electron chi connectivity index (χ1n) is 10.7. The van der Waals surface area contributed by atoms with Gasteiger partial charge in [0.05, 0.1) is 33.5 Å². The first-order chi connectivity index (χ1) is 14.2. The summed E-state index contributed by atoms with van der Waals surface area (Å²) in [6.45, 7) is 5.07. The van der Waals surface area contributed by atoms with Gasteiger partial charge in [0.2, 0.25) is 0 Å². The number of hydrogen-bond donors (Lipinski definition) is 2. The van der Waals surface area contributed by atoms with Crippen LogP contribution in [0.3, 0.4) is 0 Å². The Morgan fingerprint density at radius 3 is 2.59 bits per heavy atom. The minimum atomic E-state index is 0.198. The lowest BCUT2D eigenvalue weighted by molar-refractivity contribution is 0.0169. The van der Waals surface area contributed by atoms with Crippen LogP contribution in [0.1, 0.15) is 37.3 Å². The first kappa shape index (κ1) is 21.7. The number of guanidine groups is 1. The van der Waals surface area contributed by atoms with E-state index in [1.165, 1.54) is 31.2 Å². The molecule has 2 N–H and O–H groups in total. The van der Waals surface area contributed by atoms with Crippen LogP contribution in [-0.4, -0.2) is 71.5 Å². The third kappa shape index (κ3) is 6.51. The average Bonchev–Trinajstić information content (AvgIpc) is 3.60. The molecule has 2 aliphatic rings. The van der Waals surface area contributed by atoms with E-state index in [4.69, 9.17) is 14.2 Å². The molecule has 0 amide bonds. The maximum atomic E-state index is 5.56. The fourth-order valence-corrected chi connectivity index (χ4v) is 3.83. The molecule has 2 fully saturated rings. The summed E-state index contributed by atoms with van der Waals surface area (Å²) in [7, 11) is 5.17. The SMILES string of the molecule is CN=C(NCCCC1CC1)NCC(c1ccc(OC)c(OC)c1)N1CCOCC1. The molecule has 1 heterocycles. The average molecular weight is 405 g/mol. The lowest BCUT2D eigenvalue weighted by Crippen LogP contribution is -2.46. The summed E-state index contributed by atoms with van der Waals surface area (Å²) in [5.41, 5.74) is 1.20. The van der Waals surface area contributed by atoms with Gasteiger partial charge in [0.25, 0.3) is 0 Å². The minimum absolute atomic E-state index is 0.198. The number of methoxy groups -OCH3 is 2. The fourth-order valence-electron chi connectivity index (χ4n) is 3.83. The van der Waals surface area contributed by atoms with Crippen LogP contribution in [0.4, 0.5) is 0 Å². The molecule has 1 aromatic rings. The second-order valence-electron chi connectivity index (χ2n) is 7.74. The molecule has 0 radical (unpaired) electrons. The third-order valence-electron chi connectivity index (χ3n) is 5.74. The van der Waals surface area contributed by atoms with E-state index in [9.17, 15) is 0 Å². The van der Waals surface area contributed by atoms with Gasteiger partial charge < -0.3 is 24.8 Å². The highest BCUT2D eigenvalue weighted by Gasteiger charge is 2.24. The molecule has 7 heteroatoms. The third-order valence-corrected chi connectivity index (χ3v) is 5.74. The molecule has 1 saturated heterocycles. The highest BCUT2D eigenvalue weighted by atomic mass is 16.5. The van der Waals surface area contributed by atoms with Gasteiger partial charge in [-0.25, -0.2) is 0 Å². The molecule has 1 aliphatic carbocycles. The Bertz CT molecular complexity index is 657. The zero-order chi connectivity index (χ0) is 20.5. The number of morpholine rings is 1. The van der Waals surface area contributed by atoms with Crippen LogP contribution in [0.15, 0.2) is 23.2 Å². The molecule has 29 heavy (non-hydrogen) atoms. The molecule has 1 atom stereocenters. The summed E-state index contributed by atoms with van der Waals surface area (Å²) < 4.78 is 16.5. The predicted octanol–water partition coefficient (Wildman–Crippen LogP) is 2.43. The van der Waals surface area contributed by atoms with Gasteiger partial charge in [0, 0.05) is 33.2 Å². The van der Waals surface area contributed by atoms with Gasteiger partial charge in [0.15, 0.2) is 17.5 Å². The van der Waals surface area contributed by atoms with Crippen molar-refractivity contribution in [3.8, 4) is 11.5 Å². The molecule has 3 rings (SSSR count). The van der Waals surface area contributed by atoms with Crippen LogP contribution < -0.4 is 20.1 Å². The molecule has 0 bridgehead atoms. The molecule has 1 aromatic carbocycles. The van der Waals surface area contributed by atoms with Crippen LogP contribution in [0, 0.1) is 5.92 Å². The Morgan fingerprint density at radius 1 is 1.17 bits per heavy atom. The van der Waals surface area contributed by atoms with Gasteiger partial charge in [-0.05, 0) is 36.5 Å². The molecule has 1 aliphatic heterocycles. The summed E-state index contributed by atoms with van der Waals surface area (Å²) in [5.74, 6) is 3.34. The predicted molar refractivity (Wildman–Crippen MR) is 116 cm³/mol. The topological polar surface area (TPSA) is 67.4 Å². The van der Waals surface area contributed by atoms with E-state index in [0.717, 1.165) is 62.8 Å². The molecule has 0 aromatic heterocycles. The van der Waals surface area contributed by atoms with Crippen molar-refractivity contribution in [3.63, 3.8) is 0 Å². The molecule has 1 unspecified atom stereocenters. The van der Waals surface area contributed by atoms with E-state index >= 15 is 0 Å². The second-order valence-corrected chi connectivity index (χ2v) is 7.74. The number of benzene rings is 1. The maximum absolute atomic E-state index is 5.56. The van der Waals surface area contributed by atoms with E-state index < -0.39 is 0 Å². The Hall–Kier alpha value is -1.99. The first-order valence-corrected chi connectivity index (χ1v) is 10.7. The van der Waals surface area contributed by atoms with Gasteiger partial charge in [0.1, 0.15) is 0 Å². The zero-order valence-electron chi connectivity index (χ0n) is 18.1. The van der Waals surface area contributed by atoms with Crippen molar-refractivity contribution in [1.29, 1.82) is 0 Å². The minimum Gasteiger partial charge on any atom is -0.493 e. The van der Waals surface area contributed by atoms with Gasteiger partial charge in [-0.3, -0.25) is 9.89 Å². The number of rotatable bonds is 10. The van der Waals surface area contributed by atoms with Gasteiger partial charge in [-0.1, -0.05) is 18.9 Å². The molecule has 162 valence electrons. The largest absolute Gasteiger partial charge is 0.493 e. The Labute approximate surface area is 174 Å². The second kappa shape index (κ2) is 11.3. The number of nitrogens with zero attached hydrogens (tertiary/aromatic N) is 2. The van der Waals surface area contributed by atoms with E-state index in [1.54, 1.807) is 14.2 Å². The van der Waals surface area contributed by atoms with E-state index in [-0.39, 0.29) is 6.04 Å². The smallest absolute Gasteiger partial charge is 0.191 e. The number of ether oxygens (including phenoxy) is 3. The Kier molecular flexibility index (Phi) is 8.43. The monoisotopic (exact) mass is 404 g/mol. The van der Waals surface area contributed by atoms with Gasteiger partial charge >= 0.3 is 0 Å². The lowest BCUT2D eigenvalue weighted by atomic mass is 10.0. The van der Waals surface area contributed by atoms with E-state index in [1.807, 2.05) is 13.1 Å². The van der Waals surface area contributed by atoms with Gasteiger partial charge in [-0.2, -0.15) is 0 Å². The van der Waals surface area contributed by atoms with E-state index in [0.29, 0.717) is 0 Å². The van der Waals surface area contributed by atoms with Crippen LogP contribution in [-0.2, 0) is 4.74 Å². The van der Waals surface area contributed by atoms with Gasteiger partial charge in [-0.15, -0.1) is 0 Å². The lowest BCUT2D eigenvalue weighted by Gasteiger charge is -2.35. The maximum Gasteiger partial charge on any atom is 0.191 e. The normalized spacial score (nSPS) is 18.9. The number of nitrogens with one attached hydrogen (secondary N) is 2. The zero-order valence-corrected chi connectivity index (χ0v) is 18.1. The van der Waals surface area contributed by atoms with Crippen molar-refractivity contribution in [2.24, 2.45) is 10.9 Å². The Balaban J connectivity index is 1.63. The summed E-state index contributed by atoms with van der Waals surface area (Å²) in [6.07, 6.45) is 5.36. The molecule has 0 spiro atoms. The van der Waals surface area contributed by atoms with Crippen molar-refractivity contribution in [2.75, 3.05) is 60.7 Å². The van der Waals surface area contributed by atoms with Crippen molar-refractivity contribution < 1.29 is 14.2 Å². The molecule has 7 nitrogen and oxygen atoms in total. The van der Waals surface area contributed by atoms with Crippen molar-refractivity contribution in [2.45, 2.75) is 31.7 Å². The molecular formula is C22H36N4O3. The molecule has 1 saturated carbocycles. The summed E-state index contributed by atoms with van der Waals surface area (Å²) >= 11 is 0. The Morgan fingerprint density at radius 2 is 1.93 bits per heavy atom. The standard InChI is InChI=1S/C22H36N4O3/c1-23-22(24-10-4-5-17-6-7-17)25-16-19(26-11-13-29-14-12-26)18-8-9-20(27-2)21(15-18)28-3/h8-9,15,17,19H,4-7,10-14,16H2,1-3H3,(H2,23,24,25). The van der Waals surface area contributed by atoms with Crippen LogP contribution in [0.2, 0.25) is 0 Å². The number of aliphatic imine (C=N–C) groups is 1. The summed E-state index contributed by atoms with van der Waals surface area (Å²) in [6, 6.07) is 6.37. The summed E-state index contributed by atoms with van der Waals surface area (Å²) in [5, 5.41) is 6.97. The quantitative estimate of drug-likeness (QED) is 0.355. The fraction of sp³-hybridized carbons (Fsp3) is 0.682. The van der Waals surface area contributed by atoms with E-state index in [2.05, 4.69) is 32.7 Å². The number of hydrogen-bond acceptors (Lipinski definition) is 5. The van der Waals surface area contributed by atoms with Crippen LogP contribution >= 0.6 is 0 Å². The van der Waals surface area contributed by atoms with Crippen molar-refractivity contribution in [1.82, 2.24) is 15.5 Å².